The Hall–Kier alpha value is -2.76. The van der Waals surface area contributed by atoms with E-state index in [0.717, 1.165) is 30.3 Å². The van der Waals surface area contributed by atoms with Crippen molar-refractivity contribution in [3.05, 3.63) is 77.3 Å². The number of pyridine rings is 1. The summed E-state index contributed by atoms with van der Waals surface area (Å²) in [5, 5.41) is 14.3. The summed E-state index contributed by atoms with van der Waals surface area (Å²) in [6.45, 7) is 1.47. The first-order chi connectivity index (χ1) is 14.2. The molecule has 5 heteroatoms. The number of likely N-dealkylation sites (tertiary alicyclic amines) is 1. The molecule has 0 spiro atoms. The van der Waals surface area contributed by atoms with E-state index >= 15 is 0 Å². The van der Waals surface area contributed by atoms with E-state index in [4.69, 9.17) is 0 Å². The van der Waals surface area contributed by atoms with Crippen molar-refractivity contribution >= 4 is 38.3 Å². The first-order valence-corrected chi connectivity index (χ1v) is 10.9. The number of aliphatic carboxylic acids is 1. The maximum atomic E-state index is 11.7. The number of hydrogen-bond donors (Lipinski definition) is 1. The average molecular weight is 403 g/mol. The molecule has 1 aliphatic heterocycles. The lowest BCUT2D eigenvalue weighted by Gasteiger charge is -2.37. The highest BCUT2D eigenvalue weighted by Crippen LogP contribution is 2.40. The van der Waals surface area contributed by atoms with Crippen molar-refractivity contribution in [2.75, 3.05) is 13.1 Å². The molecule has 3 heterocycles. The molecule has 1 aliphatic rings. The van der Waals surface area contributed by atoms with Crippen LogP contribution in [0.5, 0.6) is 0 Å². The van der Waals surface area contributed by atoms with Gasteiger partial charge in [0.25, 0.3) is 0 Å². The summed E-state index contributed by atoms with van der Waals surface area (Å²) >= 11 is 1.75. The van der Waals surface area contributed by atoms with Crippen LogP contribution >= 0.6 is 11.3 Å². The molecule has 2 aromatic carbocycles. The number of para-hydroxylation sites is 1. The number of carboxylic acids is 1. The van der Waals surface area contributed by atoms with E-state index in [9.17, 15) is 9.90 Å². The quantitative estimate of drug-likeness (QED) is 0.501. The first-order valence-electron chi connectivity index (χ1n) is 9.99. The Morgan fingerprint density at radius 2 is 1.86 bits per heavy atom. The molecule has 0 radical (unpaired) electrons. The minimum Gasteiger partial charge on any atom is -0.481 e. The largest absolute Gasteiger partial charge is 0.481 e. The molecular weight excluding hydrogens is 380 g/mol. The van der Waals surface area contributed by atoms with Crippen molar-refractivity contribution in [1.82, 2.24) is 9.88 Å². The minimum absolute atomic E-state index is 0.0150. The predicted molar refractivity (Wildman–Crippen MR) is 117 cm³/mol. The Kier molecular flexibility index (Phi) is 4.78. The van der Waals surface area contributed by atoms with Crippen LogP contribution in [0, 0.1) is 5.92 Å². The number of carboxylic acid groups (broad SMARTS) is 1. The maximum absolute atomic E-state index is 11.7. The van der Waals surface area contributed by atoms with Gasteiger partial charge in [-0.3, -0.25) is 14.7 Å². The summed E-state index contributed by atoms with van der Waals surface area (Å²) < 4.78 is 1.26. The fourth-order valence-corrected chi connectivity index (χ4v) is 5.55. The third kappa shape index (κ3) is 3.30. The number of benzene rings is 2. The summed E-state index contributed by atoms with van der Waals surface area (Å²) in [7, 11) is 0. The van der Waals surface area contributed by atoms with Crippen LogP contribution in [-0.4, -0.2) is 34.0 Å². The van der Waals surface area contributed by atoms with Crippen LogP contribution in [0.15, 0.2) is 66.2 Å². The SMILES string of the molecule is O=C(O)C1CCCN(C(c2ccnc3ccccc23)c2csc3ccccc23)C1. The Labute approximate surface area is 173 Å². The molecule has 2 unspecified atom stereocenters. The van der Waals surface area contributed by atoms with E-state index in [1.807, 2.05) is 24.4 Å². The number of thiophene rings is 1. The molecule has 2 aromatic heterocycles. The zero-order chi connectivity index (χ0) is 19.8. The van der Waals surface area contributed by atoms with Gasteiger partial charge in [0, 0.05) is 22.8 Å². The molecule has 0 bridgehead atoms. The molecule has 29 heavy (non-hydrogen) atoms. The summed E-state index contributed by atoms with van der Waals surface area (Å²) in [4.78, 5) is 18.6. The van der Waals surface area contributed by atoms with Crippen molar-refractivity contribution in [3.8, 4) is 0 Å². The van der Waals surface area contributed by atoms with Gasteiger partial charge in [-0.15, -0.1) is 11.3 Å². The van der Waals surface area contributed by atoms with Gasteiger partial charge >= 0.3 is 5.97 Å². The minimum atomic E-state index is -0.691. The fraction of sp³-hybridized carbons (Fsp3) is 0.250. The smallest absolute Gasteiger partial charge is 0.307 e. The molecule has 2 atom stereocenters. The third-order valence-corrected chi connectivity index (χ3v) is 6.93. The summed E-state index contributed by atoms with van der Waals surface area (Å²) in [6, 6.07) is 18.8. The van der Waals surface area contributed by atoms with Gasteiger partial charge in [-0.1, -0.05) is 36.4 Å². The first kappa shape index (κ1) is 18.3. The van der Waals surface area contributed by atoms with Gasteiger partial charge in [-0.2, -0.15) is 0 Å². The molecular formula is C24H22N2O2S. The molecule has 1 saturated heterocycles. The number of fused-ring (bicyclic) bond motifs is 2. The Balaban J connectivity index is 1.70. The molecule has 5 rings (SSSR count). The van der Waals surface area contributed by atoms with Crippen molar-refractivity contribution < 1.29 is 9.90 Å². The van der Waals surface area contributed by atoms with Gasteiger partial charge in [0.05, 0.1) is 17.5 Å². The van der Waals surface area contributed by atoms with E-state index in [1.165, 1.54) is 21.2 Å². The van der Waals surface area contributed by atoms with E-state index in [1.54, 1.807) is 11.3 Å². The number of hydrogen-bond acceptors (Lipinski definition) is 4. The normalized spacial score (nSPS) is 18.8. The van der Waals surface area contributed by atoms with E-state index in [0.29, 0.717) is 6.54 Å². The van der Waals surface area contributed by atoms with Gasteiger partial charge < -0.3 is 5.11 Å². The highest BCUT2D eigenvalue weighted by atomic mass is 32.1. The third-order valence-electron chi connectivity index (χ3n) is 5.95. The number of aromatic nitrogens is 1. The van der Waals surface area contributed by atoms with Crippen LogP contribution < -0.4 is 0 Å². The van der Waals surface area contributed by atoms with E-state index in [-0.39, 0.29) is 12.0 Å². The Morgan fingerprint density at radius 3 is 2.72 bits per heavy atom. The van der Waals surface area contributed by atoms with Crippen molar-refractivity contribution in [2.24, 2.45) is 5.92 Å². The predicted octanol–water partition coefficient (Wildman–Crippen LogP) is 5.34. The van der Waals surface area contributed by atoms with Crippen molar-refractivity contribution in [3.63, 3.8) is 0 Å². The molecule has 4 aromatic rings. The van der Waals surface area contributed by atoms with Gasteiger partial charge in [0.1, 0.15) is 0 Å². The van der Waals surface area contributed by atoms with Gasteiger partial charge in [0.2, 0.25) is 0 Å². The summed E-state index contributed by atoms with van der Waals surface area (Å²) in [5.74, 6) is -1.01. The molecule has 1 N–H and O–H groups in total. The lowest BCUT2D eigenvalue weighted by Crippen LogP contribution is -2.41. The van der Waals surface area contributed by atoms with Crippen molar-refractivity contribution in [1.29, 1.82) is 0 Å². The molecule has 0 amide bonds. The second-order valence-electron chi connectivity index (χ2n) is 7.68. The lowest BCUT2D eigenvalue weighted by atomic mass is 9.90. The number of rotatable bonds is 4. The average Bonchev–Trinajstić information content (AvgIpc) is 3.18. The summed E-state index contributed by atoms with van der Waals surface area (Å²) in [5.41, 5.74) is 3.43. The van der Waals surface area contributed by atoms with Crippen LogP contribution in [0.25, 0.3) is 21.0 Å². The van der Waals surface area contributed by atoms with Gasteiger partial charge in [0.15, 0.2) is 0 Å². The van der Waals surface area contributed by atoms with E-state index in [2.05, 4.69) is 51.7 Å². The highest BCUT2D eigenvalue weighted by molar-refractivity contribution is 7.17. The zero-order valence-corrected chi connectivity index (χ0v) is 16.8. The van der Waals surface area contributed by atoms with Gasteiger partial charge in [-0.25, -0.2) is 0 Å². The number of piperidine rings is 1. The maximum Gasteiger partial charge on any atom is 0.307 e. The van der Waals surface area contributed by atoms with Crippen LogP contribution in [0.1, 0.15) is 30.0 Å². The zero-order valence-electron chi connectivity index (χ0n) is 16.0. The van der Waals surface area contributed by atoms with E-state index < -0.39 is 5.97 Å². The molecule has 0 aliphatic carbocycles. The van der Waals surface area contributed by atoms with Crippen LogP contribution in [0.3, 0.4) is 0 Å². The second-order valence-corrected chi connectivity index (χ2v) is 8.59. The number of nitrogens with zero attached hydrogens (tertiary/aromatic N) is 2. The van der Waals surface area contributed by atoms with Crippen LogP contribution in [-0.2, 0) is 4.79 Å². The van der Waals surface area contributed by atoms with Crippen LogP contribution in [0.4, 0.5) is 0 Å². The molecule has 4 nitrogen and oxygen atoms in total. The topological polar surface area (TPSA) is 53.4 Å². The highest BCUT2D eigenvalue weighted by Gasteiger charge is 2.33. The molecule has 0 saturated carbocycles. The molecule has 146 valence electrons. The standard InChI is InChI=1S/C24H22N2O2S/c27-24(28)16-6-5-13-26(14-16)23(20-15-29-22-10-4-2-8-18(20)22)19-11-12-25-21-9-3-1-7-17(19)21/h1-4,7-12,15-16,23H,5-6,13-14H2,(H,27,28). The number of carbonyl (C=O) groups is 1. The Bertz CT molecular complexity index is 1180. The second kappa shape index (κ2) is 7.58. The monoisotopic (exact) mass is 402 g/mol. The van der Waals surface area contributed by atoms with Gasteiger partial charge in [-0.05, 0) is 59.5 Å². The van der Waals surface area contributed by atoms with Crippen LogP contribution in [0.2, 0.25) is 0 Å². The summed E-state index contributed by atoms with van der Waals surface area (Å²) in [6.07, 6.45) is 3.52. The lowest BCUT2D eigenvalue weighted by molar-refractivity contribution is -0.143. The Morgan fingerprint density at radius 1 is 1.07 bits per heavy atom. The molecule has 1 fully saturated rings. The fourth-order valence-electron chi connectivity index (χ4n) is 4.57. The van der Waals surface area contributed by atoms with Crippen molar-refractivity contribution in [2.45, 2.75) is 18.9 Å².